The molecule has 2 aromatic rings. The third-order valence-electron chi connectivity index (χ3n) is 4.11. The lowest BCUT2D eigenvalue weighted by Crippen LogP contribution is -2.47. The molecule has 1 fully saturated rings. The maximum Gasteiger partial charge on any atom is 0.268 e. The number of furan rings is 1. The summed E-state index contributed by atoms with van der Waals surface area (Å²) in [7, 11) is 1.74. The predicted molar refractivity (Wildman–Crippen MR) is 87.9 cm³/mol. The molecule has 0 radical (unpaired) electrons. The molecule has 9 nitrogen and oxygen atoms in total. The SMILES string of the molecule is Cn1c(C(=O)NCC(=O)NCC(=O)N2CCOCC2)cc2occc21. The van der Waals surface area contributed by atoms with Gasteiger partial charge in [-0.1, -0.05) is 0 Å². The largest absolute Gasteiger partial charge is 0.463 e. The van der Waals surface area contributed by atoms with Crippen molar-refractivity contribution in [2.24, 2.45) is 7.05 Å². The Hall–Kier alpha value is -2.81. The van der Waals surface area contributed by atoms with E-state index in [4.69, 9.17) is 9.15 Å². The van der Waals surface area contributed by atoms with Gasteiger partial charge in [0.15, 0.2) is 5.58 Å². The van der Waals surface area contributed by atoms with E-state index >= 15 is 0 Å². The molecular formula is C16H20N4O5. The minimum Gasteiger partial charge on any atom is -0.463 e. The van der Waals surface area contributed by atoms with Crippen LogP contribution in [0.15, 0.2) is 22.8 Å². The standard InChI is InChI=1S/C16H20N4O5/c1-19-11-2-5-25-13(11)8-12(19)16(23)18-9-14(21)17-10-15(22)20-3-6-24-7-4-20/h2,5,8H,3-4,6-7,9-10H2,1H3,(H,17,21)(H,18,23). The number of aryl methyl sites for hydroxylation is 1. The fourth-order valence-corrected chi connectivity index (χ4v) is 2.68. The molecule has 0 bridgehead atoms. The summed E-state index contributed by atoms with van der Waals surface area (Å²) in [4.78, 5) is 37.6. The van der Waals surface area contributed by atoms with Crippen molar-refractivity contribution in [3.05, 3.63) is 24.1 Å². The number of ether oxygens (including phenoxy) is 1. The quantitative estimate of drug-likeness (QED) is 0.756. The number of fused-ring (bicyclic) bond motifs is 1. The summed E-state index contributed by atoms with van der Waals surface area (Å²) in [5.74, 6) is -0.970. The molecule has 0 spiro atoms. The summed E-state index contributed by atoms with van der Waals surface area (Å²) in [6, 6.07) is 3.38. The Morgan fingerprint density at radius 3 is 2.64 bits per heavy atom. The molecule has 134 valence electrons. The molecule has 3 rings (SSSR count). The number of aromatic nitrogens is 1. The van der Waals surface area contributed by atoms with Crippen molar-refractivity contribution in [1.82, 2.24) is 20.1 Å². The fraction of sp³-hybridized carbons (Fsp3) is 0.438. The van der Waals surface area contributed by atoms with Crippen LogP contribution >= 0.6 is 0 Å². The first kappa shape index (κ1) is 17.0. The molecule has 9 heteroatoms. The summed E-state index contributed by atoms with van der Waals surface area (Å²) in [5, 5.41) is 5.05. The second kappa shape index (κ2) is 7.39. The van der Waals surface area contributed by atoms with Crippen LogP contribution in [0.4, 0.5) is 0 Å². The van der Waals surface area contributed by atoms with Gasteiger partial charge in [-0.25, -0.2) is 0 Å². The van der Waals surface area contributed by atoms with Crippen LogP contribution in [-0.2, 0) is 21.4 Å². The highest BCUT2D eigenvalue weighted by molar-refractivity contribution is 5.99. The lowest BCUT2D eigenvalue weighted by Gasteiger charge is -2.26. The van der Waals surface area contributed by atoms with Gasteiger partial charge < -0.3 is 29.3 Å². The molecule has 3 amide bonds. The molecule has 2 N–H and O–H groups in total. The first-order valence-corrected chi connectivity index (χ1v) is 7.99. The van der Waals surface area contributed by atoms with Gasteiger partial charge in [0.2, 0.25) is 11.8 Å². The molecule has 1 aliphatic heterocycles. The predicted octanol–water partition coefficient (Wildman–Crippen LogP) is -0.524. The summed E-state index contributed by atoms with van der Waals surface area (Å²) >= 11 is 0. The summed E-state index contributed by atoms with van der Waals surface area (Å²) in [6.45, 7) is 1.78. The number of rotatable bonds is 5. The molecule has 0 aliphatic carbocycles. The highest BCUT2D eigenvalue weighted by atomic mass is 16.5. The Labute approximate surface area is 143 Å². The zero-order valence-corrected chi connectivity index (χ0v) is 13.9. The smallest absolute Gasteiger partial charge is 0.268 e. The van der Waals surface area contributed by atoms with Gasteiger partial charge in [-0.2, -0.15) is 0 Å². The number of amides is 3. The van der Waals surface area contributed by atoms with Crippen LogP contribution in [-0.4, -0.2) is 66.6 Å². The highest BCUT2D eigenvalue weighted by Gasteiger charge is 2.18. The Balaban J connectivity index is 1.45. The Morgan fingerprint density at radius 1 is 1.16 bits per heavy atom. The van der Waals surface area contributed by atoms with Crippen LogP contribution in [0.2, 0.25) is 0 Å². The van der Waals surface area contributed by atoms with E-state index in [-0.39, 0.29) is 24.9 Å². The number of morpholine rings is 1. The van der Waals surface area contributed by atoms with Gasteiger partial charge in [-0.15, -0.1) is 0 Å². The Morgan fingerprint density at radius 2 is 1.92 bits per heavy atom. The third-order valence-corrected chi connectivity index (χ3v) is 4.11. The minimum absolute atomic E-state index is 0.0915. The van der Waals surface area contributed by atoms with E-state index in [9.17, 15) is 14.4 Å². The monoisotopic (exact) mass is 348 g/mol. The van der Waals surface area contributed by atoms with Crippen LogP contribution in [0.1, 0.15) is 10.5 Å². The first-order valence-electron chi connectivity index (χ1n) is 7.99. The second-order valence-electron chi connectivity index (χ2n) is 5.71. The zero-order valence-electron chi connectivity index (χ0n) is 13.9. The number of hydrogen-bond donors (Lipinski definition) is 2. The summed E-state index contributed by atoms with van der Waals surface area (Å²) < 4.78 is 12.1. The number of nitrogens with one attached hydrogen (secondary N) is 2. The normalized spacial score (nSPS) is 14.5. The minimum atomic E-state index is -0.423. The molecule has 0 unspecified atom stereocenters. The van der Waals surface area contributed by atoms with E-state index in [0.717, 1.165) is 5.52 Å². The van der Waals surface area contributed by atoms with E-state index in [1.807, 2.05) is 0 Å². The van der Waals surface area contributed by atoms with Crippen LogP contribution in [0.5, 0.6) is 0 Å². The fourth-order valence-electron chi connectivity index (χ4n) is 2.68. The molecular weight excluding hydrogens is 328 g/mol. The van der Waals surface area contributed by atoms with Gasteiger partial charge in [-0.3, -0.25) is 14.4 Å². The zero-order chi connectivity index (χ0) is 17.8. The second-order valence-corrected chi connectivity index (χ2v) is 5.71. The van der Waals surface area contributed by atoms with Crippen molar-refractivity contribution in [1.29, 1.82) is 0 Å². The van der Waals surface area contributed by atoms with E-state index in [1.54, 1.807) is 34.9 Å². The molecule has 0 aromatic carbocycles. The van der Waals surface area contributed by atoms with Crippen molar-refractivity contribution in [2.45, 2.75) is 0 Å². The maximum absolute atomic E-state index is 12.2. The molecule has 2 aromatic heterocycles. The Bertz CT molecular complexity index is 788. The van der Waals surface area contributed by atoms with E-state index in [2.05, 4.69) is 10.6 Å². The maximum atomic E-state index is 12.2. The molecule has 3 heterocycles. The average Bonchev–Trinajstić information content (AvgIpc) is 3.21. The van der Waals surface area contributed by atoms with Gasteiger partial charge in [0, 0.05) is 32.3 Å². The van der Waals surface area contributed by atoms with Crippen molar-refractivity contribution in [2.75, 3.05) is 39.4 Å². The first-order chi connectivity index (χ1) is 12.1. The van der Waals surface area contributed by atoms with E-state index < -0.39 is 5.91 Å². The van der Waals surface area contributed by atoms with Gasteiger partial charge in [0.1, 0.15) is 5.69 Å². The van der Waals surface area contributed by atoms with Crippen molar-refractivity contribution in [3.63, 3.8) is 0 Å². The topological polar surface area (TPSA) is 106 Å². The highest BCUT2D eigenvalue weighted by Crippen LogP contribution is 2.19. The number of carbonyl (C=O) groups is 3. The van der Waals surface area contributed by atoms with Gasteiger partial charge in [0.05, 0.1) is 38.1 Å². The van der Waals surface area contributed by atoms with Crippen molar-refractivity contribution < 1.29 is 23.5 Å². The molecule has 1 aliphatic rings. The number of nitrogens with zero attached hydrogens (tertiary/aromatic N) is 2. The average molecular weight is 348 g/mol. The summed E-state index contributed by atoms with van der Waals surface area (Å²) in [6.07, 6.45) is 1.55. The number of hydrogen-bond acceptors (Lipinski definition) is 5. The third kappa shape index (κ3) is 3.82. The van der Waals surface area contributed by atoms with Gasteiger partial charge >= 0.3 is 0 Å². The molecule has 0 saturated carbocycles. The Kier molecular flexibility index (Phi) is 5.03. The van der Waals surface area contributed by atoms with Gasteiger partial charge in [0.25, 0.3) is 5.91 Å². The van der Waals surface area contributed by atoms with Gasteiger partial charge in [-0.05, 0) is 0 Å². The van der Waals surface area contributed by atoms with Crippen LogP contribution in [0.3, 0.4) is 0 Å². The van der Waals surface area contributed by atoms with Crippen LogP contribution in [0.25, 0.3) is 11.1 Å². The molecule has 1 saturated heterocycles. The van der Waals surface area contributed by atoms with E-state index in [1.165, 1.54) is 0 Å². The van der Waals surface area contributed by atoms with Crippen molar-refractivity contribution in [3.8, 4) is 0 Å². The molecule has 25 heavy (non-hydrogen) atoms. The van der Waals surface area contributed by atoms with Crippen molar-refractivity contribution >= 4 is 28.8 Å². The van der Waals surface area contributed by atoms with Crippen LogP contribution in [0, 0.1) is 0 Å². The molecule has 0 atom stereocenters. The van der Waals surface area contributed by atoms with Crippen LogP contribution < -0.4 is 10.6 Å². The lowest BCUT2D eigenvalue weighted by atomic mass is 10.3. The summed E-state index contributed by atoms with van der Waals surface area (Å²) in [5.41, 5.74) is 1.80. The number of carbonyl (C=O) groups excluding carboxylic acids is 3. The van der Waals surface area contributed by atoms with E-state index in [0.29, 0.717) is 37.6 Å². The lowest BCUT2D eigenvalue weighted by molar-refractivity contribution is -0.136.